The lowest BCUT2D eigenvalue weighted by atomic mass is 9.42. The average molecular weight is 500 g/mol. The molecule has 0 aromatic heterocycles. The Labute approximate surface area is 216 Å². The van der Waals surface area contributed by atoms with Crippen LogP contribution in [0.2, 0.25) is 0 Å². The summed E-state index contributed by atoms with van der Waals surface area (Å²) in [6.45, 7) is 13.0. The lowest BCUT2D eigenvalue weighted by Gasteiger charge is -2.62. The lowest BCUT2D eigenvalue weighted by molar-refractivity contribution is -0.155. The van der Waals surface area contributed by atoms with Gasteiger partial charge in [0.15, 0.2) is 0 Å². The van der Waals surface area contributed by atoms with Crippen LogP contribution in [0.1, 0.15) is 78.6 Å². The third-order valence-corrected chi connectivity index (χ3v) is 10.8. The van der Waals surface area contributed by atoms with Crippen LogP contribution in [0, 0.1) is 40.4 Å². The molecule has 5 unspecified atom stereocenters. The smallest absolute Gasteiger partial charge is 0.302 e. The van der Waals surface area contributed by atoms with Gasteiger partial charge >= 0.3 is 5.97 Å². The van der Waals surface area contributed by atoms with E-state index in [0.717, 1.165) is 69.5 Å². The standard InChI is InChI=1S/C29H45N3O4/c1-6-21-25(32-36-20-11-14-30-16-20)10-13-29(17-35-19(3)33)24-9-12-28(4)18(2)7-8-23(28)22(24)15-26(27(21)29)31-34-5/h20-24,27,30H,2,6-17H2,1,3-5H3/t20?,21-,22?,23?,24?,27?,28+,29-/m0/s1. The molecule has 0 aromatic rings. The van der Waals surface area contributed by atoms with Crippen molar-refractivity contribution in [1.29, 1.82) is 0 Å². The summed E-state index contributed by atoms with van der Waals surface area (Å²) in [6.07, 6.45) is 9.55. The number of ether oxygens (including phenoxy) is 1. The highest BCUT2D eigenvalue weighted by atomic mass is 16.6. The van der Waals surface area contributed by atoms with Crippen LogP contribution in [0.5, 0.6) is 0 Å². The van der Waals surface area contributed by atoms with E-state index in [1.807, 2.05) is 0 Å². The Bertz CT molecular complexity index is 925. The predicted molar refractivity (Wildman–Crippen MR) is 141 cm³/mol. The van der Waals surface area contributed by atoms with Gasteiger partial charge in [0, 0.05) is 37.1 Å². The van der Waals surface area contributed by atoms with Crippen molar-refractivity contribution in [2.45, 2.75) is 84.7 Å². The number of carbonyl (C=O) groups excluding carboxylic acids is 1. The van der Waals surface area contributed by atoms with E-state index in [-0.39, 0.29) is 34.7 Å². The SMILES string of the molecule is C=C1CCC2C3CC(=NOC)C4[C@@H](CC)C(=NOC5CCNC5)CC[C@]4(COC(C)=O)C3CC[C@]12C. The molecule has 5 fully saturated rings. The van der Waals surface area contributed by atoms with Crippen molar-refractivity contribution < 1.29 is 19.2 Å². The van der Waals surface area contributed by atoms with Crippen molar-refractivity contribution in [1.82, 2.24) is 5.32 Å². The molecule has 1 aliphatic heterocycles. The van der Waals surface area contributed by atoms with E-state index in [1.165, 1.54) is 25.3 Å². The van der Waals surface area contributed by atoms with Crippen molar-refractivity contribution >= 4 is 17.4 Å². The quantitative estimate of drug-likeness (QED) is 0.312. The Kier molecular flexibility index (Phi) is 7.23. The summed E-state index contributed by atoms with van der Waals surface area (Å²) in [4.78, 5) is 23.6. The highest BCUT2D eigenvalue weighted by molar-refractivity contribution is 5.97. The average Bonchev–Trinajstić information content (AvgIpc) is 3.49. The highest BCUT2D eigenvalue weighted by Gasteiger charge is 2.64. The molecule has 5 aliphatic rings. The van der Waals surface area contributed by atoms with Gasteiger partial charge in [0.1, 0.15) is 13.2 Å². The number of nitrogens with zero attached hydrogens (tertiary/aromatic N) is 2. The minimum absolute atomic E-state index is 0.147. The monoisotopic (exact) mass is 499 g/mol. The van der Waals surface area contributed by atoms with Gasteiger partial charge in [-0.15, -0.1) is 0 Å². The number of fused-ring (bicyclic) bond motifs is 5. The molecule has 1 N–H and O–H groups in total. The van der Waals surface area contributed by atoms with Gasteiger partial charge < -0.3 is 19.7 Å². The van der Waals surface area contributed by atoms with Crippen LogP contribution in [0.3, 0.4) is 0 Å². The van der Waals surface area contributed by atoms with Gasteiger partial charge in [0.2, 0.25) is 0 Å². The molecule has 36 heavy (non-hydrogen) atoms. The summed E-state index contributed by atoms with van der Waals surface area (Å²) in [5.41, 5.74) is 3.77. The molecule has 8 atom stereocenters. The first-order valence-electron chi connectivity index (χ1n) is 14.2. The maximum atomic E-state index is 12.1. The van der Waals surface area contributed by atoms with E-state index in [2.05, 4.69) is 25.7 Å². The number of allylic oxidation sites excluding steroid dienone is 1. The minimum atomic E-state index is -0.199. The molecule has 7 heteroatoms. The van der Waals surface area contributed by atoms with Gasteiger partial charge in [-0.2, -0.15) is 0 Å². The summed E-state index contributed by atoms with van der Waals surface area (Å²) in [5.74, 6) is 1.78. The zero-order chi connectivity index (χ0) is 25.5. The Morgan fingerprint density at radius 3 is 2.67 bits per heavy atom. The zero-order valence-corrected chi connectivity index (χ0v) is 22.7. The van der Waals surface area contributed by atoms with E-state index in [0.29, 0.717) is 24.4 Å². The van der Waals surface area contributed by atoms with Crippen molar-refractivity contribution in [3.05, 3.63) is 12.2 Å². The van der Waals surface area contributed by atoms with Crippen LogP contribution in [-0.4, -0.2) is 50.3 Å². The fraction of sp³-hybridized carbons (Fsp3) is 0.828. The van der Waals surface area contributed by atoms with E-state index in [1.54, 1.807) is 7.11 Å². The first-order chi connectivity index (χ1) is 17.3. The van der Waals surface area contributed by atoms with E-state index >= 15 is 0 Å². The minimum Gasteiger partial charge on any atom is -0.465 e. The fourth-order valence-corrected chi connectivity index (χ4v) is 9.00. The number of carbonyl (C=O) groups is 1. The van der Waals surface area contributed by atoms with E-state index in [4.69, 9.17) is 24.7 Å². The first kappa shape index (κ1) is 25.7. The molecular weight excluding hydrogens is 454 g/mol. The largest absolute Gasteiger partial charge is 0.465 e. The van der Waals surface area contributed by atoms with Crippen molar-refractivity contribution in [2.24, 2.45) is 50.7 Å². The molecule has 5 rings (SSSR count). The van der Waals surface area contributed by atoms with Crippen molar-refractivity contribution in [3.63, 3.8) is 0 Å². The Hall–Kier alpha value is -1.89. The summed E-state index contributed by atoms with van der Waals surface area (Å²) >= 11 is 0. The van der Waals surface area contributed by atoms with Gasteiger partial charge in [-0.1, -0.05) is 36.3 Å². The summed E-state index contributed by atoms with van der Waals surface area (Å²) in [6, 6.07) is 0. The third kappa shape index (κ3) is 4.19. The molecular formula is C29H45N3O4. The molecule has 0 amide bonds. The van der Waals surface area contributed by atoms with Crippen molar-refractivity contribution in [3.8, 4) is 0 Å². The Morgan fingerprint density at radius 2 is 1.97 bits per heavy atom. The van der Waals surface area contributed by atoms with Gasteiger partial charge in [0.25, 0.3) is 0 Å². The Balaban J connectivity index is 1.54. The molecule has 7 nitrogen and oxygen atoms in total. The van der Waals surface area contributed by atoms with Crippen LogP contribution in [0.25, 0.3) is 0 Å². The van der Waals surface area contributed by atoms with Crippen LogP contribution in [-0.2, 0) is 19.2 Å². The molecule has 0 bridgehead atoms. The second kappa shape index (κ2) is 10.1. The summed E-state index contributed by atoms with van der Waals surface area (Å²) in [7, 11) is 1.66. The molecule has 0 radical (unpaired) electrons. The normalized spacial score (nSPS) is 44.2. The first-order valence-corrected chi connectivity index (χ1v) is 14.2. The highest BCUT2D eigenvalue weighted by Crippen LogP contribution is 2.67. The second-order valence-electron chi connectivity index (χ2n) is 12.3. The lowest BCUT2D eigenvalue weighted by Crippen LogP contribution is -2.61. The third-order valence-electron chi connectivity index (χ3n) is 10.8. The number of nitrogens with one attached hydrogen (secondary N) is 1. The van der Waals surface area contributed by atoms with Gasteiger partial charge in [-0.3, -0.25) is 4.79 Å². The molecule has 4 aliphatic carbocycles. The second-order valence-corrected chi connectivity index (χ2v) is 12.3. The molecule has 0 aromatic carbocycles. The van der Waals surface area contributed by atoms with Crippen molar-refractivity contribution in [2.75, 3.05) is 26.8 Å². The number of hydrogen-bond acceptors (Lipinski definition) is 7. The van der Waals surface area contributed by atoms with Gasteiger partial charge in [-0.05, 0) is 81.1 Å². The number of rotatable bonds is 6. The van der Waals surface area contributed by atoms with Gasteiger partial charge in [0.05, 0.1) is 18.0 Å². The number of oxime groups is 2. The predicted octanol–water partition coefficient (Wildman–Crippen LogP) is 5.11. The van der Waals surface area contributed by atoms with E-state index < -0.39 is 0 Å². The topological polar surface area (TPSA) is 81.5 Å². The van der Waals surface area contributed by atoms with Gasteiger partial charge in [-0.25, -0.2) is 0 Å². The molecule has 0 spiro atoms. The van der Waals surface area contributed by atoms with Crippen LogP contribution in [0.4, 0.5) is 0 Å². The number of hydrogen-bond donors (Lipinski definition) is 1. The summed E-state index contributed by atoms with van der Waals surface area (Å²) < 4.78 is 5.91. The molecule has 200 valence electrons. The van der Waals surface area contributed by atoms with Crippen LogP contribution < -0.4 is 5.32 Å². The van der Waals surface area contributed by atoms with Crippen LogP contribution in [0.15, 0.2) is 22.5 Å². The maximum absolute atomic E-state index is 12.1. The van der Waals surface area contributed by atoms with Crippen LogP contribution >= 0.6 is 0 Å². The number of esters is 1. The maximum Gasteiger partial charge on any atom is 0.302 e. The molecule has 1 saturated heterocycles. The fourth-order valence-electron chi connectivity index (χ4n) is 9.00. The molecule has 1 heterocycles. The Morgan fingerprint density at radius 1 is 1.14 bits per heavy atom. The van der Waals surface area contributed by atoms with E-state index in [9.17, 15) is 4.79 Å². The molecule has 4 saturated carbocycles. The summed E-state index contributed by atoms with van der Waals surface area (Å²) in [5, 5.41) is 12.8. The zero-order valence-electron chi connectivity index (χ0n) is 22.7.